The van der Waals surface area contributed by atoms with E-state index in [0.717, 1.165) is 10.8 Å². The molecule has 0 amide bonds. The Morgan fingerprint density at radius 3 is 2.59 bits per heavy atom. The molecule has 0 unspecified atom stereocenters. The lowest BCUT2D eigenvalue weighted by atomic mass is 10.0. The zero-order chi connectivity index (χ0) is 12.3. The van der Waals surface area contributed by atoms with Crippen LogP contribution in [0, 0.1) is 0 Å². The van der Waals surface area contributed by atoms with Gasteiger partial charge < -0.3 is 9.94 Å². The second-order valence-electron chi connectivity index (χ2n) is 3.45. The van der Waals surface area contributed by atoms with Gasteiger partial charge in [0.2, 0.25) is 0 Å². The number of hydrogen-bond acceptors (Lipinski definition) is 3. The lowest BCUT2D eigenvalue weighted by Crippen LogP contribution is -2.15. The number of aliphatic carboxylic acids is 1. The van der Waals surface area contributed by atoms with Crippen LogP contribution in [0.1, 0.15) is 5.56 Å². The Kier molecular flexibility index (Phi) is 3.05. The van der Waals surface area contributed by atoms with E-state index in [0.29, 0.717) is 5.56 Å². The number of rotatable bonds is 3. The first kappa shape index (κ1) is 11.1. The van der Waals surface area contributed by atoms with E-state index in [2.05, 4.69) is 9.99 Å². The summed E-state index contributed by atoms with van der Waals surface area (Å²) in [6.07, 6.45) is 0. The molecule has 0 bridgehead atoms. The summed E-state index contributed by atoms with van der Waals surface area (Å²) in [4.78, 5) is 15.7. The normalized spacial score (nSPS) is 11.5. The van der Waals surface area contributed by atoms with Gasteiger partial charge >= 0.3 is 5.97 Å². The van der Waals surface area contributed by atoms with Crippen LogP contribution in [0.4, 0.5) is 0 Å². The molecule has 2 rings (SSSR count). The average molecular weight is 229 g/mol. The van der Waals surface area contributed by atoms with E-state index in [1.165, 1.54) is 7.11 Å². The van der Waals surface area contributed by atoms with Crippen LogP contribution in [0.5, 0.6) is 0 Å². The fraction of sp³-hybridized carbons (Fsp3) is 0.0769. The van der Waals surface area contributed by atoms with Crippen LogP contribution in [0.2, 0.25) is 0 Å². The van der Waals surface area contributed by atoms with Crippen LogP contribution in [0.25, 0.3) is 10.8 Å². The van der Waals surface area contributed by atoms with Crippen molar-refractivity contribution in [2.24, 2.45) is 5.16 Å². The molecule has 4 heteroatoms. The Balaban J connectivity index is 2.69. The molecular formula is C13H11NO3. The molecule has 0 spiro atoms. The molecule has 4 nitrogen and oxygen atoms in total. The van der Waals surface area contributed by atoms with E-state index in [1.54, 1.807) is 12.1 Å². The van der Waals surface area contributed by atoms with Crippen molar-refractivity contribution in [1.82, 2.24) is 0 Å². The van der Waals surface area contributed by atoms with E-state index in [9.17, 15) is 4.79 Å². The van der Waals surface area contributed by atoms with Crippen molar-refractivity contribution >= 4 is 22.5 Å². The Hall–Kier alpha value is -2.36. The minimum atomic E-state index is -1.11. The molecule has 0 heterocycles. The summed E-state index contributed by atoms with van der Waals surface area (Å²) in [5.41, 5.74) is 0.460. The van der Waals surface area contributed by atoms with Crippen molar-refractivity contribution in [3.05, 3.63) is 48.0 Å². The standard InChI is InChI=1S/C13H11NO3/c1-17-14-12(13(15)16)11-8-4-6-9-5-2-3-7-10(9)11/h2-8H,1H3,(H,15,16). The molecule has 0 saturated heterocycles. The molecule has 86 valence electrons. The predicted molar refractivity (Wildman–Crippen MR) is 65.1 cm³/mol. The van der Waals surface area contributed by atoms with Gasteiger partial charge in [0.1, 0.15) is 7.11 Å². The second-order valence-corrected chi connectivity index (χ2v) is 3.45. The van der Waals surface area contributed by atoms with Gasteiger partial charge in [0.25, 0.3) is 0 Å². The summed E-state index contributed by atoms with van der Waals surface area (Å²) in [5, 5.41) is 14.5. The molecule has 17 heavy (non-hydrogen) atoms. The van der Waals surface area contributed by atoms with Gasteiger partial charge in [0.15, 0.2) is 5.71 Å². The maximum absolute atomic E-state index is 11.1. The lowest BCUT2D eigenvalue weighted by molar-refractivity contribution is -0.129. The van der Waals surface area contributed by atoms with E-state index in [4.69, 9.17) is 5.11 Å². The van der Waals surface area contributed by atoms with Gasteiger partial charge in [-0.2, -0.15) is 0 Å². The summed E-state index contributed by atoms with van der Waals surface area (Å²) >= 11 is 0. The van der Waals surface area contributed by atoms with Crippen molar-refractivity contribution in [3.63, 3.8) is 0 Å². The molecular weight excluding hydrogens is 218 g/mol. The number of fused-ring (bicyclic) bond motifs is 1. The van der Waals surface area contributed by atoms with Gasteiger partial charge in [-0.3, -0.25) is 0 Å². The number of carboxylic acids is 1. The highest BCUT2D eigenvalue weighted by atomic mass is 16.6. The molecule has 0 radical (unpaired) electrons. The van der Waals surface area contributed by atoms with Crippen LogP contribution in [-0.4, -0.2) is 23.9 Å². The minimum absolute atomic E-state index is 0.0932. The molecule has 0 aliphatic heterocycles. The average Bonchev–Trinajstić information content (AvgIpc) is 2.35. The van der Waals surface area contributed by atoms with Crippen molar-refractivity contribution < 1.29 is 14.7 Å². The summed E-state index contributed by atoms with van der Waals surface area (Å²) < 4.78 is 0. The molecule has 0 fully saturated rings. The SMILES string of the molecule is CON=C(C(=O)O)c1cccc2ccccc12. The number of benzene rings is 2. The van der Waals surface area contributed by atoms with Crippen molar-refractivity contribution in [3.8, 4) is 0 Å². The zero-order valence-electron chi connectivity index (χ0n) is 9.25. The number of oxime groups is 1. The van der Waals surface area contributed by atoms with Gasteiger partial charge in [0.05, 0.1) is 0 Å². The Morgan fingerprint density at radius 1 is 1.18 bits per heavy atom. The van der Waals surface area contributed by atoms with Crippen LogP contribution in [0.3, 0.4) is 0 Å². The van der Waals surface area contributed by atoms with Crippen molar-refractivity contribution in [2.45, 2.75) is 0 Å². The topological polar surface area (TPSA) is 58.9 Å². The summed E-state index contributed by atoms with van der Waals surface area (Å²) in [7, 11) is 1.33. The Labute approximate surface area is 98.1 Å². The fourth-order valence-corrected chi connectivity index (χ4v) is 1.73. The Morgan fingerprint density at radius 2 is 1.88 bits per heavy atom. The number of hydrogen-bond donors (Lipinski definition) is 1. The van der Waals surface area contributed by atoms with Crippen LogP contribution >= 0.6 is 0 Å². The number of carbonyl (C=O) groups is 1. The molecule has 2 aromatic carbocycles. The minimum Gasteiger partial charge on any atom is -0.476 e. The quantitative estimate of drug-likeness (QED) is 0.648. The molecule has 0 saturated carbocycles. The number of carboxylic acid groups (broad SMARTS) is 1. The van der Waals surface area contributed by atoms with E-state index in [-0.39, 0.29) is 5.71 Å². The highest BCUT2D eigenvalue weighted by Crippen LogP contribution is 2.19. The van der Waals surface area contributed by atoms with Gasteiger partial charge in [-0.05, 0) is 10.8 Å². The van der Waals surface area contributed by atoms with Crippen LogP contribution < -0.4 is 0 Å². The van der Waals surface area contributed by atoms with Gasteiger partial charge in [-0.25, -0.2) is 4.79 Å². The molecule has 0 aromatic heterocycles. The maximum atomic E-state index is 11.1. The van der Waals surface area contributed by atoms with E-state index in [1.807, 2.05) is 30.3 Å². The number of nitrogens with zero attached hydrogens (tertiary/aromatic N) is 1. The van der Waals surface area contributed by atoms with Gasteiger partial charge in [-0.15, -0.1) is 0 Å². The molecule has 1 N–H and O–H groups in total. The maximum Gasteiger partial charge on any atom is 0.358 e. The first-order chi connectivity index (χ1) is 8.24. The summed E-state index contributed by atoms with van der Waals surface area (Å²) in [6, 6.07) is 13.0. The second kappa shape index (κ2) is 4.65. The molecule has 2 aromatic rings. The summed E-state index contributed by atoms with van der Waals surface area (Å²) in [6.45, 7) is 0. The summed E-state index contributed by atoms with van der Waals surface area (Å²) in [5.74, 6) is -1.11. The molecule has 0 aliphatic rings. The van der Waals surface area contributed by atoms with E-state index < -0.39 is 5.97 Å². The lowest BCUT2D eigenvalue weighted by Gasteiger charge is -2.05. The fourth-order valence-electron chi connectivity index (χ4n) is 1.73. The highest BCUT2D eigenvalue weighted by Gasteiger charge is 2.15. The Bertz CT molecular complexity index is 585. The largest absolute Gasteiger partial charge is 0.476 e. The van der Waals surface area contributed by atoms with Crippen LogP contribution in [0.15, 0.2) is 47.6 Å². The van der Waals surface area contributed by atoms with Crippen molar-refractivity contribution in [2.75, 3.05) is 7.11 Å². The first-order valence-corrected chi connectivity index (χ1v) is 5.06. The third-order valence-corrected chi connectivity index (χ3v) is 2.43. The van der Waals surface area contributed by atoms with Gasteiger partial charge in [-0.1, -0.05) is 47.6 Å². The van der Waals surface area contributed by atoms with Crippen LogP contribution in [-0.2, 0) is 9.63 Å². The molecule has 0 atom stereocenters. The van der Waals surface area contributed by atoms with E-state index >= 15 is 0 Å². The molecule has 0 aliphatic carbocycles. The predicted octanol–water partition coefficient (Wildman–Crippen LogP) is 2.27. The smallest absolute Gasteiger partial charge is 0.358 e. The first-order valence-electron chi connectivity index (χ1n) is 5.06. The van der Waals surface area contributed by atoms with Gasteiger partial charge in [0, 0.05) is 5.56 Å². The van der Waals surface area contributed by atoms with Crippen molar-refractivity contribution in [1.29, 1.82) is 0 Å². The zero-order valence-corrected chi connectivity index (χ0v) is 9.25. The highest BCUT2D eigenvalue weighted by molar-refractivity contribution is 6.44. The monoisotopic (exact) mass is 229 g/mol. The third-order valence-electron chi connectivity index (χ3n) is 2.43. The third kappa shape index (κ3) is 2.10.